The molecule has 0 radical (unpaired) electrons. The van der Waals surface area contributed by atoms with Crippen LogP contribution in [0.5, 0.6) is 0 Å². The molecule has 1 N–H and O–H groups in total. The molecule has 7 nitrogen and oxygen atoms in total. The first-order valence-electron chi connectivity index (χ1n) is 7.30. The third kappa shape index (κ3) is 4.67. The van der Waals surface area contributed by atoms with E-state index in [0.717, 1.165) is 0 Å². The summed E-state index contributed by atoms with van der Waals surface area (Å²) in [5.74, 6) is 0. The van der Waals surface area contributed by atoms with Crippen LogP contribution in [0.2, 0.25) is 18.1 Å². The maximum absolute atomic E-state index is 12.3. The Morgan fingerprint density at radius 2 is 1.82 bits per heavy atom. The Bertz CT molecular complexity index is 525. The van der Waals surface area contributed by atoms with Gasteiger partial charge < -0.3 is 9.16 Å². The third-order valence-corrected chi connectivity index (χ3v) is 10.2. The smallest absolute Gasteiger partial charge is 0.424 e. The summed E-state index contributed by atoms with van der Waals surface area (Å²) in [6.45, 7) is 14.4. The van der Waals surface area contributed by atoms with Gasteiger partial charge in [0.25, 0.3) is 0 Å². The summed E-state index contributed by atoms with van der Waals surface area (Å²) in [5, 5.41) is 0.0424. The van der Waals surface area contributed by atoms with Crippen LogP contribution in [-0.4, -0.2) is 52.4 Å². The predicted molar refractivity (Wildman–Crippen MR) is 87.3 cm³/mol. The molecular formula is C13H28N2O5SSi. The Hall–Kier alpha value is -0.643. The van der Waals surface area contributed by atoms with Gasteiger partial charge in [-0.3, -0.25) is 0 Å². The van der Waals surface area contributed by atoms with Gasteiger partial charge in [-0.1, -0.05) is 20.8 Å². The summed E-state index contributed by atoms with van der Waals surface area (Å²) in [6.07, 6.45) is -0.839. The highest BCUT2D eigenvalue weighted by molar-refractivity contribution is 7.87. The molecule has 0 bridgehead atoms. The number of carbonyl (C=O) groups is 1. The molecule has 1 heterocycles. The summed E-state index contributed by atoms with van der Waals surface area (Å²) in [4.78, 5) is 11.4. The van der Waals surface area contributed by atoms with Crippen LogP contribution in [0, 0.1) is 0 Å². The molecule has 1 saturated heterocycles. The van der Waals surface area contributed by atoms with Crippen molar-refractivity contribution >= 4 is 24.6 Å². The number of nitrogens with one attached hydrogen (secondary N) is 1. The van der Waals surface area contributed by atoms with E-state index in [4.69, 9.17) is 4.43 Å². The molecule has 1 fully saturated rings. The highest BCUT2D eigenvalue weighted by atomic mass is 32.2. The minimum Gasteiger partial charge on any atom is -0.447 e. The van der Waals surface area contributed by atoms with E-state index in [0.29, 0.717) is 4.31 Å². The Morgan fingerprint density at radius 3 is 2.23 bits per heavy atom. The Kier molecular flexibility index (Phi) is 5.38. The van der Waals surface area contributed by atoms with E-state index in [2.05, 4.69) is 43.3 Å². The third-order valence-electron chi connectivity index (χ3n) is 4.02. The molecule has 0 saturated carbocycles. The van der Waals surface area contributed by atoms with Crippen LogP contribution in [0.1, 0.15) is 34.6 Å². The van der Waals surface area contributed by atoms with Crippen LogP contribution in [0.15, 0.2) is 0 Å². The molecule has 0 unspecified atom stereocenters. The summed E-state index contributed by atoms with van der Waals surface area (Å²) >= 11 is 0. The summed E-state index contributed by atoms with van der Waals surface area (Å²) in [5.41, 5.74) is -0.822. The number of hydrogen-bond acceptors (Lipinski definition) is 5. The fourth-order valence-electron chi connectivity index (χ4n) is 1.61. The highest BCUT2D eigenvalue weighted by Crippen LogP contribution is 2.37. The van der Waals surface area contributed by atoms with E-state index in [1.807, 2.05) is 0 Å². The molecule has 1 rings (SSSR count). The van der Waals surface area contributed by atoms with Crippen LogP contribution in [-0.2, 0) is 19.4 Å². The standard InChI is InChI=1S/C13H28N2O5SSi/c1-12(2,3)22(6,7)20-10-13(4,5)14-21(17,18)15-8-9-19-11(15)16/h14H,8-10H2,1-7H3. The number of ether oxygens (including phenoxy) is 1. The largest absolute Gasteiger partial charge is 0.447 e. The van der Waals surface area contributed by atoms with E-state index in [9.17, 15) is 13.2 Å². The Labute approximate surface area is 134 Å². The minimum absolute atomic E-state index is 0.0351. The normalized spacial score (nSPS) is 17.8. The zero-order valence-corrected chi connectivity index (χ0v) is 16.3. The van der Waals surface area contributed by atoms with Gasteiger partial charge in [0.05, 0.1) is 18.7 Å². The van der Waals surface area contributed by atoms with E-state index < -0.39 is 30.2 Å². The van der Waals surface area contributed by atoms with Crippen LogP contribution in [0.3, 0.4) is 0 Å². The van der Waals surface area contributed by atoms with Gasteiger partial charge in [0.1, 0.15) is 6.61 Å². The summed E-state index contributed by atoms with van der Waals surface area (Å²) in [6, 6.07) is 0. The SMILES string of the molecule is CC(C)(CO[Si](C)(C)C(C)(C)C)NS(=O)(=O)N1CCOC1=O. The summed E-state index contributed by atoms with van der Waals surface area (Å²) in [7, 11) is -5.90. The fraction of sp³-hybridized carbons (Fsp3) is 0.923. The van der Waals surface area contributed by atoms with Crippen LogP contribution < -0.4 is 4.72 Å². The lowest BCUT2D eigenvalue weighted by atomic mass is 10.1. The molecule has 0 atom stereocenters. The van der Waals surface area contributed by atoms with Crippen molar-refractivity contribution in [3.63, 3.8) is 0 Å². The number of cyclic esters (lactones) is 1. The van der Waals surface area contributed by atoms with Crippen LogP contribution in [0.25, 0.3) is 0 Å². The van der Waals surface area contributed by atoms with Crippen molar-refractivity contribution in [1.82, 2.24) is 9.03 Å². The van der Waals surface area contributed by atoms with E-state index in [1.165, 1.54) is 0 Å². The maximum atomic E-state index is 12.3. The lowest BCUT2D eigenvalue weighted by Crippen LogP contribution is -2.55. The van der Waals surface area contributed by atoms with Gasteiger partial charge in [-0.15, -0.1) is 0 Å². The van der Waals surface area contributed by atoms with Gasteiger partial charge in [0, 0.05) is 0 Å². The van der Waals surface area contributed by atoms with Gasteiger partial charge in [-0.2, -0.15) is 17.4 Å². The molecule has 0 aromatic rings. The topological polar surface area (TPSA) is 84.9 Å². The van der Waals surface area contributed by atoms with Crippen molar-refractivity contribution in [1.29, 1.82) is 0 Å². The minimum atomic E-state index is -3.93. The highest BCUT2D eigenvalue weighted by Gasteiger charge is 2.41. The molecule has 1 amide bonds. The predicted octanol–water partition coefficient (Wildman–Crippen LogP) is 2.07. The van der Waals surface area contributed by atoms with E-state index >= 15 is 0 Å². The number of hydrogen-bond donors (Lipinski definition) is 1. The van der Waals surface area contributed by atoms with Crippen molar-refractivity contribution in [2.75, 3.05) is 19.8 Å². The lowest BCUT2D eigenvalue weighted by Gasteiger charge is -2.39. The number of amides is 1. The molecule has 0 aliphatic carbocycles. The average molecular weight is 353 g/mol. The first kappa shape index (κ1) is 19.4. The molecular weight excluding hydrogens is 324 g/mol. The summed E-state index contributed by atoms with van der Waals surface area (Å²) < 4.78 is 38.5. The van der Waals surface area contributed by atoms with Gasteiger partial charge in [0.15, 0.2) is 8.32 Å². The molecule has 0 aromatic carbocycles. The molecule has 1 aliphatic rings. The van der Waals surface area contributed by atoms with E-state index in [1.54, 1.807) is 13.8 Å². The maximum Gasteiger partial charge on any atom is 0.424 e. The number of carbonyl (C=O) groups excluding carboxylic acids is 1. The van der Waals surface area contributed by atoms with Gasteiger partial charge in [-0.25, -0.2) is 4.79 Å². The number of nitrogens with zero attached hydrogens (tertiary/aromatic N) is 1. The first-order valence-corrected chi connectivity index (χ1v) is 11.7. The molecule has 1 aliphatic heterocycles. The van der Waals surface area contributed by atoms with Crippen molar-refractivity contribution in [2.45, 2.75) is 58.3 Å². The second-order valence-electron chi connectivity index (χ2n) is 7.73. The van der Waals surface area contributed by atoms with Crippen molar-refractivity contribution in [3.8, 4) is 0 Å². The Morgan fingerprint density at radius 1 is 1.27 bits per heavy atom. The molecule has 0 spiro atoms. The van der Waals surface area contributed by atoms with Gasteiger partial charge >= 0.3 is 16.3 Å². The zero-order valence-electron chi connectivity index (χ0n) is 14.5. The molecule has 0 aromatic heterocycles. The molecule has 22 heavy (non-hydrogen) atoms. The van der Waals surface area contributed by atoms with Crippen molar-refractivity contribution in [3.05, 3.63) is 0 Å². The fourth-order valence-corrected chi connectivity index (χ4v) is 4.19. The van der Waals surface area contributed by atoms with Gasteiger partial charge in [0.2, 0.25) is 0 Å². The van der Waals surface area contributed by atoms with Crippen LogP contribution in [0.4, 0.5) is 4.79 Å². The lowest BCUT2D eigenvalue weighted by molar-refractivity contribution is 0.169. The Balaban J connectivity index is 2.73. The quantitative estimate of drug-likeness (QED) is 0.740. The zero-order chi connectivity index (χ0) is 17.4. The second-order valence-corrected chi connectivity index (χ2v) is 14.1. The van der Waals surface area contributed by atoms with E-state index in [-0.39, 0.29) is 24.8 Å². The second kappa shape index (κ2) is 6.10. The number of rotatable bonds is 6. The van der Waals surface area contributed by atoms with Crippen LogP contribution >= 0.6 is 0 Å². The van der Waals surface area contributed by atoms with Gasteiger partial charge in [-0.05, 0) is 32.0 Å². The van der Waals surface area contributed by atoms with Crippen molar-refractivity contribution < 1.29 is 22.4 Å². The molecule has 130 valence electrons. The van der Waals surface area contributed by atoms with Crippen molar-refractivity contribution in [2.24, 2.45) is 0 Å². The molecule has 9 heteroatoms. The average Bonchev–Trinajstić information content (AvgIpc) is 2.71. The first-order chi connectivity index (χ1) is 9.68. The monoisotopic (exact) mass is 352 g/mol.